The molecule has 1 spiro atoms. The van der Waals surface area contributed by atoms with Crippen LogP contribution in [0.1, 0.15) is 33.4 Å². The van der Waals surface area contributed by atoms with Gasteiger partial charge in [-0.15, -0.1) is 0 Å². The van der Waals surface area contributed by atoms with Gasteiger partial charge in [-0.05, 0) is 0 Å². The van der Waals surface area contributed by atoms with Crippen molar-refractivity contribution in [3.05, 3.63) is 288 Å². The van der Waals surface area contributed by atoms with E-state index in [1.807, 2.05) is 0 Å². The van der Waals surface area contributed by atoms with Gasteiger partial charge in [-0.1, -0.05) is 0 Å². The molecule has 0 aliphatic heterocycles. The predicted molar refractivity (Wildman–Crippen MR) is 279 cm³/mol. The van der Waals surface area contributed by atoms with Crippen molar-refractivity contribution < 1.29 is 0 Å². The molecule has 12 rings (SSSR count). The van der Waals surface area contributed by atoms with E-state index >= 15 is 0 Å². The zero-order valence-electron chi connectivity index (χ0n) is 36.7. The molecule has 0 saturated heterocycles. The summed E-state index contributed by atoms with van der Waals surface area (Å²) in [5.74, 6) is 0. The van der Waals surface area contributed by atoms with E-state index in [0.29, 0.717) is 0 Å². The first-order valence-electron chi connectivity index (χ1n) is 22.9. The van der Waals surface area contributed by atoms with Gasteiger partial charge in [0.1, 0.15) is 0 Å². The summed E-state index contributed by atoms with van der Waals surface area (Å²) in [5.41, 5.74) is 12.9. The standard InChI is InChI=1S/C63H48Ge2/c1-45-31-35-51(36-32-45)64(47-19-7-3-8-20-47,48-21-9-4-10-22-48)53-39-41-57-58-42-40-54(44-62(58)63(61(57)43-53)59-29-17-15-27-55(59)56-28-16-18-30-60(56)63)65(49-23-11-5-12-24-49,50-25-13-6-14-26-50)52-37-33-46(2)34-38-52/h3-44H,1-2H3. The van der Waals surface area contributed by atoms with E-state index in [1.165, 1.54) is 90.8 Å². The molecule has 10 aromatic rings. The van der Waals surface area contributed by atoms with Crippen LogP contribution in [0.5, 0.6) is 0 Å². The molecule has 0 radical (unpaired) electrons. The van der Waals surface area contributed by atoms with E-state index in [9.17, 15) is 0 Å². The van der Waals surface area contributed by atoms with Gasteiger partial charge in [0.2, 0.25) is 0 Å². The van der Waals surface area contributed by atoms with Crippen LogP contribution in [-0.4, -0.2) is 26.5 Å². The summed E-state index contributed by atoms with van der Waals surface area (Å²) < 4.78 is 11.5. The molecule has 0 unspecified atom stereocenters. The van der Waals surface area contributed by atoms with Crippen LogP contribution >= 0.6 is 0 Å². The van der Waals surface area contributed by atoms with Crippen LogP contribution in [0.4, 0.5) is 0 Å². The first kappa shape index (κ1) is 39.8. The fourth-order valence-electron chi connectivity index (χ4n) is 12.0. The first-order chi connectivity index (χ1) is 32.0. The van der Waals surface area contributed by atoms with Crippen molar-refractivity contribution in [1.29, 1.82) is 0 Å². The Bertz CT molecular complexity index is 3050. The predicted octanol–water partition coefficient (Wildman–Crippen LogP) is 9.40. The summed E-state index contributed by atoms with van der Waals surface area (Å²) in [5, 5.41) is 0. The van der Waals surface area contributed by atoms with E-state index in [0.717, 1.165) is 0 Å². The quantitative estimate of drug-likeness (QED) is 0.133. The molecule has 0 saturated carbocycles. The number of benzene rings is 10. The van der Waals surface area contributed by atoms with Crippen molar-refractivity contribution in [3.63, 3.8) is 0 Å². The number of rotatable bonds is 8. The summed E-state index contributed by atoms with van der Waals surface area (Å²) in [4.78, 5) is 0. The van der Waals surface area contributed by atoms with Gasteiger partial charge < -0.3 is 0 Å². The van der Waals surface area contributed by atoms with E-state index in [-0.39, 0.29) is 0 Å². The Hall–Kier alpha value is -6.71. The third kappa shape index (κ3) is 5.83. The Kier molecular flexibility index (Phi) is 9.67. The van der Waals surface area contributed by atoms with Crippen LogP contribution in [0.3, 0.4) is 0 Å². The summed E-state index contributed by atoms with van der Waals surface area (Å²) in [6.45, 7) is 4.41. The maximum atomic E-state index is 2.69. The molecular weight excluding hydrogens is 902 g/mol. The summed E-state index contributed by atoms with van der Waals surface area (Å²) in [6, 6.07) is 98.9. The Balaban J connectivity index is 1.21. The van der Waals surface area contributed by atoms with Gasteiger partial charge in [-0.3, -0.25) is 0 Å². The molecule has 65 heavy (non-hydrogen) atoms. The average molecular weight is 950 g/mol. The fourth-order valence-corrected chi connectivity index (χ4v) is 31.9. The Morgan fingerprint density at radius 1 is 0.231 bits per heavy atom. The van der Waals surface area contributed by atoms with Crippen LogP contribution in [0, 0.1) is 13.8 Å². The van der Waals surface area contributed by atoms with Crippen molar-refractivity contribution in [2.45, 2.75) is 19.3 Å². The van der Waals surface area contributed by atoms with Crippen molar-refractivity contribution in [3.8, 4) is 22.3 Å². The third-order valence-corrected chi connectivity index (χ3v) is 34.8. The van der Waals surface area contributed by atoms with Crippen molar-refractivity contribution in [2.24, 2.45) is 0 Å². The molecule has 0 bridgehead atoms. The zero-order valence-corrected chi connectivity index (χ0v) is 40.9. The molecule has 0 heterocycles. The minimum absolute atomic E-state index is 0.535. The van der Waals surface area contributed by atoms with Crippen molar-refractivity contribution >= 4 is 61.7 Å². The molecule has 0 aromatic heterocycles. The molecule has 0 N–H and O–H groups in total. The van der Waals surface area contributed by atoms with Crippen LogP contribution in [0.25, 0.3) is 22.3 Å². The molecule has 2 heteroatoms. The van der Waals surface area contributed by atoms with E-state index < -0.39 is 31.9 Å². The normalized spacial score (nSPS) is 13.2. The number of aryl methyl sites for hydroxylation is 2. The summed E-state index contributed by atoms with van der Waals surface area (Å²) in [7, 11) is 0. The minimum atomic E-state index is -3.69. The molecule has 2 aliphatic carbocycles. The second-order valence-electron chi connectivity index (χ2n) is 18.1. The molecule has 0 nitrogen and oxygen atoms in total. The van der Waals surface area contributed by atoms with Crippen LogP contribution in [0.15, 0.2) is 255 Å². The van der Waals surface area contributed by atoms with Crippen LogP contribution < -0.4 is 35.2 Å². The number of hydrogen-bond donors (Lipinski definition) is 0. The summed E-state index contributed by atoms with van der Waals surface area (Å²) >= 11 is -7.38. The second-order valence-corrected chi connectivity index (χ2v) is 34.0. The molecule has 0 atom stereocenters. The fraction of sp³-hybridized carbons (Fsp3) is 0.0476. The van der Waals surface area contributed by atoms with E-state index in [1.54, 1.807) is 0 Å². The molecule has 10 aromatic carbocycles. The average Bonchev–Trinajstić information content (AvgIpc) is 3.84. The van der Waals surface area contributed by atoms with Gasteiger partial charge in [0, 0.05) is 0 Å². The first-order valence-corrected chi connectivity index (χ1v) is 31.3. The van der Waals surface area contributed by atoms with Gasteiger partial charge in [0.05, 0.1) is 0 Å². The van der Waals surface area contributed by atoms with E-state index in [4.69, 9.17) is 0 Å². The summed E-state index contributed by atoms with van der Waals surface area (Å²) in [6.07, 6.45) is 0. The van der Waals surface area contributed by atoms with Crippen molar-refractivity contribution in [1.82, 2.24) is 0 Å². The Morgan fingerprint density at radius 2 is 0.492 bits per heavy atom. The number of hydrogen-bond acceptors (Lipinski definition) is 0. The van der Waals surface area contributed by atoms with E-state index in [2.05, 4.69) is 269 Å². The van der Waals surface area contributed by atoms with Gasteiger partial charge in [0.25, 0.3) is 0 Å². The molecule has 0 amide bonds. The van der Waals surface area contributed by atoms with Gasteiger partial charge >= 0.3 is 391 Å². The van der Waals surface area contributed by atoms with Gasteiger partial charge in [-0.2, -0.15) is 0 Å². The van der Waals surface area contributed by atoms with Gasteiger partial charge in [0.15, 0.2) is 0 Å². The zero-order chi connectivity index (χ0) is 43.6. The molecule has 308 valence electrons. The van der Waals surface area contributed by atoms with Crippen molar-refractivity contribution in [2.75, 3.05) is 0 Å². The van der Waals surface area contributed by atoms with Crippen LogP contribution in [0.2, 0.25) is 0 Å². The molecular formula is C63H48Ge2. The number of fused-ring (bicyclic) bond motifs is 10. The molecule has 2 aliphatic rings. The van der Waals surface area contributed by atoms with Crippen LogP contribution in [-0.2, 0) is 5.41 Å². The van der Waals surface area contributed by atoms with Gasteiger partial charge in [-0.25, -0.2) is 0 Å². The third-order valence-electron chi connectivity index (χ3n) is 14.8. The maximum absolute atomic E-state index is 3.69. The Labute approximate surface area is 388 Å². The monoisotopic (exact) mass is 952 g/mol. The SMILES string of the molecule is Cc1cc[c]([Ge]([c]2ccccc2)([c]2ccccc2)[c]2ccc3c(c2)C2(c4ccccc4-c4ccccc42)c2c[c]([Ge]([c]4ccccc4)([c]4ccccc4)[c]4ccc(C)cc4)ccc2-3)cc1. The Morgan fingerprint density at radius 3 is 0.831 bits per heavy atom. The molecule has 0 fully saturated rings. The second kappa shape index (κ2) is 15.8. The topological polar surface area (TPSA) is 0 Å².